The van der Waals surface area contributed by atoms with Gasteiger partial charge in [0.2, 0.25) is 5.91 Å². The predicted octanol–water partition coefficient (Wildman–Crippen LogP) is 1.80. The van der Waals surface area contributed by atoms with Gasteiger partial charge in [-0.05, 0) is 39.3 Å². The Kier molecular flexibility index (Phi) is 4.10. The van der Waals surface area contributed by atoms with Crippen LogP contribution in [0.3, 0.4) is 0 Å². The van der Waals surface area contributed by atoms with Crippen LogP contribution in [0.1, 0.15) is 38.2 Å². The van der Waals surface area contributed by atoms with Crippen LogP contribution in [0.25, 0.3) is 0 Å². The number of nitrogens with one attached hydrogen (secondary N) is 1. The fourth-order valence-electron chi connectivity index (χ4n) is 2.46. The minimum Gasteiger partial charge on any atom is -0.493 e. The largest absolute Gasteiger partial charge is 0.493 e. The van der Waals surface area contributed by atoms with Crippen molar-refractivity contribution in [2.75, 3.05) is 13.2 Å². The van der Waals surface area contributed by atoms with Crippen molar-refractivity contribution in [3.8, 4) is 5.75 Å². The maximum atomic E-state index is 12.4. The first-order valence-corrected chi connectivity index (χ1v) is 6.77. The Morgan fingerprint density at radius 3 is 2.95 bits per heavy atom. The van der Waals surface area contributed by atoms with Gasteiger partial charge in [0.1, 0.15) is 5.75 Å². The quantitative estimate of drug-likeness (QED) is 0.869. The number of hydrogen-bond acceptors (Lipinski definition) is 3. The highest BCUT2D eigenvalue weighted by molar-refractivity contribution is 5.85. The van der Waals surface area contributed by atoms with Crippen LogP contribution >= 0.6 is 0 Å². The molecule has 1 unspecified atom stereocenters. The third-order valence-electron chi connectivity index (χ3n) is 3.51. The summed E-state index contributed by atoms with van der Waals surface area (Å²) in [6.07, 6.45) is 1.49. The highest BCUT2D eigenvalue weighted by Crippen LogP contribution is 2.33. The molecular formula is C15H22N2O2. The van der Waals surface area contributed by atoms with E-state index in [-0.39, 0.29) is 17.4 Å². The van der Waals surface area contributed by atoms with E-state index in [0.717, 1.165) is 24.2 Å². The normalized spacial score (nSPS) is 18.4. The fraction of sp³-hybridized carbons (Fsp3) is 0.533. The van der Waals surface area contributed by atoms with Gasteiger partial charge in [-0.1, -0.05) is 18.2 Å². The maximum absolute atomic E-state index is 12.4. The third-order valence-corrected chi connectivity index (χ3v) is 3.51. The fourth-order valence-corrected chi connectivity index (χ4v) is 2.46. The van der Waals surface area contributed by atoms with Crippen LogP contribution < -0.4 is 15.8 Å². The minimum atomic E-state index is -0.265. The molecule has 1 heterocycles. The predicted molar refractivity (Wildman–Crippen MR) is 75.2 cm³/mol. The van der Waals surface area contributed by atoms with E-state index in [4.69, 9.17) is 10.5 Å². The number of carbonyl (C=O) groups is 1. The van der Waals surface area contributed by atoms with Crippen molar-refractivity contribution in [2.24, 2.45) is 5.73 Å². The molecule has 4 heteroatoms. The van der Waals surface area contributed by atoms with Crippen molar-refractivity contribution in [3.05, 3.63) is 29.8 Å². The summed E-state index contributed by atoms with van der Waals surface area (Å²) in [5.41, 5.74) is 6.29. The number of benzene rings is 1. The van der Waals surface area contributed by atoms with Crippen LogP contribution in [0.4, 0.5) is 0 Å². The van der Waals surface area contributed by atoms with E-state index >= 15 is 0 Å². The van der Waals surface area contributed by atoms with Crippen LogP contribution in [0, 0.1) is 0 Å². The molecule has 0 spiro atoms. The zero-order valence-corrected chi connectivity index (χ0v) is 11.6. The van der Waals surface area contributed by atoms with Gasteiger partial charge in [0.05, 0.1) is 12.5 Å². The molecule has 1 aliphatic heterocycles. The van der Waals surface area contributed by atoms with Gasteiger partial charge < -0.3 is 15.8 Å². The summed E-state index contributed by atoms with van der Waals surface area (Å²) < 4.78 is 5.58. The Hall–Kier alpha value is -1.55. The van der Waals surface area contributed by atoms with Crippen molar-refractivity contribution in [1.29, 1.82) is 0 Å². The molecule has 0 radical (unpaired) electrons. The Bertz CT molecular complexity index is 457. The van der Waals surface area contributed by atoms with E-state index in [2.05, 4.69) is 5.32 Å². The van der Waals surface area contributed by atoms with E-state index in [0.29, 0.717) is 13.2 Å². The minimum absolute atomic E-state index is 0.0641. The second kappa shape index (κ2) is 5.61. The number of rotatable bonds is 4. The number of fused-ring (bicyclic) bond motifs is 1. The molecule has 0 saturated heterocycles. The van der Waals surface area contributed by atoms with Crippen molar-refractivity contribution in [1.82, 2.24) is 5.32 Å². The molecule has 0 bridgehead atoms. The van der Waals surface area contributed by atoms with E-state index in [1.54, 1.807) is 0 Å². The van der Waals surface area contributed by atoms with Crippen molar-refractivity contribution < 1.29 is 9.53 Å². The van der Waals surface area contributed by atoms with Gasteiger partial charge in [-0.3, -0.25) is 4.79 Å². The average Bonchev–Trinajstić information content (AvgIpc) is 2.37. The van der Waals surface area contributed by atoms with E-state index in [1.807, 2.05) is 38.1 Å². The first kappa shape index (κ1) is 13.9. The first-order valence-electron chi connectivity index (χ1n) is 6.77. The molecule has 3 N–H and O–H groups in total. The number of hydrogen-bond donors (Lipinski definition) is 2. The lowest BCUT2D eigenvalue weighted by molar-refractivity contribution is -0.124. The zero-order valence-electron chi connectivity index (χ0n) is 11.6. The lowest BCUT2D eigenvalue weighted by Crippen LogP contribution is -2.47. The average molecular weight is 262 g/mol. The summed E-state index contributed by atoms with van der Waals surface area (Å²) >= 11 is 0. The number of nitrogens with two attached hydrogens (primary N) is 1. The van der Waals surface area contributed by atoms with Crippen LogP contribution in [0.15, 0.2) is 24.3 Å². The first-order chi connectivity index (χ1) is 9.03. The summed E-state index contributed by atoms with van der Waals surface area (Å²) in [6.45, 7) is 5.16. The molecule has 0 saturated carbocycles. The van der Waals surface area contributed by atoms with Gasteiger partial charge in [-0.15, -0.1) is 0 Å². The SMILES string of the molecule is CC(C)(CCN)NC(=O)C1CCOc2ccccc21. The summed E-state index contributed by atoms with van der Waals surface area (Å²) in [7, 11) is 0. The molecule has 19 heavy (non-hydrogen) atoms. The molecular weight excluding hydrogens is 240 g/mol. The number of ether oxygens (including phenoxy) is 1. The second-order valence-electron chi connectivity index (χ2n) is 5.64. The van der Waals surface area contributed by atoms with E-state index in [9.17, 15) is 4.79 Å². The lowest BCUT2D eigenvalue weighted by Gasteiger charge is -2.31. The monoisotopic (exact) mass is 262 g/mol. The standard InChI is InChI=1S/C15H22N2O2/c1-15(2,8-9-16)17-14(18)12-7-10-19-13-6-4-3-5-11(12)13/h3-6,12H,7-10,16H2,1-2H3,(H,17,18). The van der Waals surface area contributed by atoms with Crippen molar-refractivity contribution in [3.63, 3.8) is 0 Å². The summed E-state index contributed by atoms with van der Waals surface area (Å²) in [4.78, 5) is 12.4. The highest BCUT2D eigenvalue weighted by atomic mass is 16.5. The molecule has 1 aliphatic rings. The van der Waals surface area contributed by atoms with Gasteiger partial charge in [-0.2, -0.15) is 0 Å². The highest BCUT2D eigenvalue weighted by Gasteiger charge is 2.30. The van der Waals surface area contributed by atoms with Gasteiger partial charge in [0.15, 0.2) is 0 Å². The van der Waals surface area contributed by atoms with Crippen LogP contribution in [0.2, 0.25) is 0 Å². The van der Waals surface area contributed by atoms with Crippen LogP contribution in [0.5, 0.6) is 5.75 Å². The molecule has 1 amide bonds. The molecule has 2 rings (SSSR count). The zero-order chi connectivity index (χ0) is 13.9. The number of amides is 1. The Morgan fingerprint density at radius 1 is 1.47 bits per heavy atom. The molecule has 1 aromatic rings. The van der Waals surface area contributed by atoms with E-state index in [1.165, 1.54) is 0 Å². The lowest BCUT2D eigenvalue weighted by atomic mass is 9.90. The molecule has 0 aromatic heterocycles. The van der Waals surface area contributed by atoms with Gasteiger partial charge in [0, 0.05) is 11.1 Å². The summed E-state index contributed by atoms with van der Waals surface area (Å²) in [5, 5.41) is 3.09. The molecule has 1 atom stereocenters. The smallest absolute Gasteiger partial charge is 0.228 e. The number of para-hydroxylation sites is 1. The van der Waals surface area contributed by atoms with Crippen molar-refractivity contribution >= 4 is 5.91 Å². The van der Waals surface area contributed by atoms with Gasteiger partial charge in [0.25, 0.3) is 0 Å². The van der Waals surface area contributed by atoms with Crippen LogP contribution in [-0.4, -0.2) is 24.6 Å². The van der Waals surface area contributed by atoms with Crippen LogP contribution in [-0.2, 0) is 4.79 Å². The molecule has 4 nitrogen and oxygen atoms in total. The van der Waals surface area contributed by atoms with Gasteiger partial charge >= 0.3 is 0 Å². The number of carbonyl (C=O) groups excluding carboxylic acids is 1. The third kappa shape index (κ3) is 3.26. The topological polar surface area (TPSA) is 64.3 Å². The molecule has 104 valence electrons. The molecule has 0 fully saturated rings. The summed E-state index contributed by atoms with van der Waals surface area (Å²) in [5.74, 6) is 0.765. The molecule has 0 aliphatic carbocycles. The Morgan fingerprint density at radius 2 is 2.21 bits per heavy atom. The van der Waals surface area contributed by atoms with Gasteiger partial charge in [-0.25, -0.2) is 0 Å². The maximum Gasteiger partial charge on any atom is 0.228 e. The summed E-state index contributed by atoms with van der Waals surface area (Å²) in [6, 6.07) is 7.75. The Balaban J connectivity index is 2.13. The molecule has 1 aromatic carbocycles. The Labute approximate surface area is 114 Å². The van der Waals surface area contributed by atoms with E-state index < -0.39 is 0 Å². The van der Waals surface area contributed by atoms with Crippen molar-refractivity contribution in [2.45, 2.75) is 38.1 Å². The second-order valence-corrected chi connectivity index (χ2v) is 5.64.